The zero-order valence-corrected chi connectivity index (χ0v) is 10.6. The molecule has 0 aromatic heterocycles. The van der Waals surface area contributed by atoms with E-state index < -0.39 is 10.0 Å². The highest BCUT2D eigenvalue weighted by Gasteiger charge is 2.17. The van der Waals surface area contributed by atoms with Gasteiger partial charge >= 0.3 is 0 Å². The van der Waals surface area contributed by atoms with Gasteiger partial charge in [0.15, 0.2) is 0 Å². The number of nitrogens with one attached hydrogen (secondary N) is 1. The van der Waals surface area contributed by atoms with Crippen LogP contribution in [0.15, 0.2) is 0 Å². The van der Waals surface area contributed by atoms with Gasteiger partial charge in [-0.1, -0.05) is 6.42 Å². The van der Waals surface area contributed by atoms with E-state index in [4.69, 9.17) is 11.6 Å². The Morgan fingerprint density at radius 2 is 1.93 bits per heavy atom. The molecule has 0 spiro atoms. The maximum absolute atomic E-state index is 11.2. The highest BCUT2D eigenvalue weighted by molar-refractivity contribution is 7.90. The Labute approximate surface area is 97.0 Å². The third-order valence-electron chi connectivity index (χ3n) is 2.51. The topological polar surface area (TPSA) is 49.4 Å². The maximum atomic E-state index is 11.2. The van der Waals surface area contributed by atoms with Crippen LogP contribution in [0, 0.1) is 0 Å². The van der Waals surface area contributed by atoms with Gasteiger partial charge in [0.1, 0.15) is 5.21 Å². The summed E-state index contributed by atoms with van der Waals surface area (Å²) in [5.41, 5.74) is 0. The fraction of sp³-hybridized carbons (Fsp3) is 1.00. The van der Waals surface area contributed by atoms with Crippen LogP contribution in [0.1, 0.15) is 26.2 Å². The zero-order chi connectivity index (χ0) is 11.3. The van der Waals surface area contributed by atoms with Crippen LogP contribution in [-0.4, -0.2) is 44.2 Å². The summed E-state index contributed by atoms with van der Waals surface area (Å²) in [5, 5.41) is -0.364. The number of likely N-dealkylation sites (tertiary alicyclic amines) is 1. The zero-order valence-electron chi connectivity index (χ0n) is 9.08. The SMILES string of the molecule is CC(CN1CCCCC1)NS(=O)(=O)CCl. The van der Waals surface area contributed by atoms with Crippen molar-refractivity contribution in [3.63, 3.8) is 0 Å². The van der Waals surface area contributed by atoms with E-state index in [-0.39, 0.29) is 11.3 Å². The molecule has 4 nitrogen and oxygen atoms in total. The predicted molar refractivity (Wildman–Crippen MR) is 62.5 cm³/mol. The largest absolute Gasteiger partial charge is 0.302 e. The van der Waals surface area contributed by atoms with Crippen molar-refractivity contribution in [2.45, 2.75) is 32.2 Å². The van der Waals surface area contributed by atoms with Gasteiger partial charge in [-0.3, -0.25) is 0 Å². The summed E-state index contributed by atoms with van der Waals surface area (Å²) in [6, 6.07) is -0.0631. The number of hydrogen-bond acceptors (Lipinski definition) is 3. The van der Waals surface area contributed by atoms with E-state index in [1.54, 1.807) is 0 Å². The lowest BCUT2D eigenvalue weighted by atomic mass is 10.1. The standard InChI is InChI=1S/C9H19ClN2O2S/c1-9(11-15(13,14)8-10)7-12-5-3-2-4-6-12/h9,11H,2-8H2,1H3. The van der Waals surface area contributed by atoms with Gasteiger partial charge in [0.05, 0.1) is 0 Å². The van der Waals surface area contributed by atoms with E-state index in [1.807, 2.05) is 6.92 Å². The summed E-state index contributed by atoms with van der Waals surface area (Å²) < 4.78 is 24.9. The fourth-order valence-electron chi connectivity index (χ4n) is 1.90. The Morgan fingerprint density at radius 1 is 1.33 bits per heavy atom. The lowest BCUT2D eigenvalue weighted by Gasteiger charge is -2.29. The molecule has 1 unspecified atom stereocenters. The number of halogens is 1. The Kier molecular flexibility index (Phi) is 5.32. The van der Waals surface area contributed by atoms with Gasteiger partial charge in [-0.15, -0.1) is 11.6 Å². The second kappa shape index (κ2) is 6.03. The molecular weight excluding hydrogens is 236 g/mol. The van der Waals surface area contributed by atoms with Gasteiger partial charge in [-0.05, 0) is 32.9 Å². The van der Waals surface area contributed by atoms with Gasteiger partial charge in [-0.25, -0.2) is 13.1 Å². The van der Waals surface area contributed by atoms with Crippen molar-refractivity contribution >= 4 is 21.6 Å². The maximum Gasteiger partial charge on any atom is 0.225 e. The minimum Gasteiger partial charge on any atom is -0.302 e. The van der Waals surface area contributed by atoms with Gasteiger partial charge in [0.25, 0.3) is 0 Å². The predicted octanol–water partition coefficient (Wildman–Crippen LogP) is 0.976. The average molecular weight is 255 g/mol. The number of alkyl halides is 1. The Balaban J connectivity index is 2.31. The van der Waals surface area contributed by atoms with Crippen molar-refractivity contribution in [2.75, 3.05) is 24.8 Å². The third kappa shape index (κ3) is 5.15. The van der Waals surface area contributed by atoms with Crippen molar-refractivity contribution in [3.8, 4) is 0 Å². The molecule has 0 aliphatic carbocycles. The van der Waals surface area contributed by atoms with Crippen LogP contribution in [-0.2, 0) is 10.0 Å². The van der Waals surface area contributed by atoms with E-state index in [0.29, 0.717) is 0 Å². The summed E-state index contributed by atoms with van der Waals surface area (Å²) in [6.07, 6.45) is 3.72. The van der Waals surface area contributed by atoms with Crippen LogP contribution in [0.25, 0.3) is 0 Å². The van der Waals surface area contributed by atoms with Crippen LogP contribution in [0.4, 0.5) is 0 Å². The lowest BCUT2D eigenvalue weighted by Crippen LogP contribution is -2.43. The van der Waals surface area contributed by atoms with E-state index in [9.17, 15) is 8.42 Å². The molecule has 1 aliphatic rings. The minimum atomic E-state index is -3.28. The number of piperidine rings is 1. The molecule has 1 N–H and O–H groups in total. The molecular formula is C9H19ClN2O2S. The second-order valence-corrected chi connectivity index (χ2v) is 6.44. The molecule has 90 valence electrons. The molecule has 0 radical (unpaired) electrons. The Morgan fingerprint density at radius 3 is 2.47 bits per heavy atom. The first-order valence-electron chi connectivity index (χ1n) is 5.32. The molecule has 6 heteroatoms. The normalized spacial score (nSPS) is 21.5. The van der Waals surface area contributed by atoms with Crippen molar-refractivity contribution in [1.82, 2.24) is 9.62 Å². The lowest BCUT2D eigenvalue weighted by molar-refractivity contribution is 0.215. The van der Waals surface area contributed by atoms with E-state index in [0.717, 1.165) is 19.6 Å². The first kappa shape index (κ1) is 13.2. The Bertz CT molecular complexity index is 276. The molecule has 0 aromatic carbocycles. The number of sulfonamides is 1. The smallest absolute Gasteiger partial charge is 0.225 e. The van der Waals surface area contributed by atoms with E-state index in [2.05, 4.69) is 9.62 Å². The quantitative estimate of drug-likeness (QED) is 0.744. The van der Waals surface area contributed by atoms with Crippen LogP contribution < -0.4 is 4.72 Å². The van der Waals surface area contributed by atoms with Gasteiger partial charge in [0, 0.05) is 12.6 Å². The monoisotopic (exact) mass is 254 g/mol. The molecule has 0 amide bonds. The first-order chi connectivity index (χ1) is 7.03. The number of rotatable bonds is 5. The van der Waals surface area contributed by atoms with Crippen LogP contribution >= 0.6 is 11.6 Å². The van der Waals surface area contributed by atoms with Crippen LogP contribution in [0.3, 0.4) is 0 Å². The van der Waals surface area contributed by atoms with Crippen molar-refractivity contribution in [2.24, 2.45) is 0 Å². The summed E-state index contributed by atoms with van der Waals surface area (Å²) in [7, 11) is -3.28. The molecule has 0 aromatic rings. The molecule has 1 fully saturated rings. The second-order valence-electron chi connectivity index (χ2n) is 4.10. The summed E-state index contributed by atoms with van der Waals surface area (Å²) in [6.45, 7) is 4.80. The highest BCUT2D eigenvalue weighted by Crippen LogP contribution is 2.09. The summed E-state index contributed by atoms with van der Waals surface area (Å²) in [4.78, 5) is 2.30. The summed E-state index contributed by atoms with van der Waals surface area (Å²) >= 11 is 5.32. The molecule has 1 heterocycles. The molecule has 1 aliphatic heterocycles. The fourth-order valence-corrected chi connectivity index (χ4v) is 2.84. The van der Waals surface area contributed by atoms with Crippen LogP contribution in [0.2, 0.25) is 0 Å². The van der Waals surface area contributed by atoms with Gasteiger partial charge in [-0.2, -0.15) is 0 Å². The average Bonchev–Trinajstić information content (AvgIpc) is 2.18. The van der Waals surface area contributed by atoms with E-state index >= 15 is 0 Å². The molecule has 1 saturated heterocycles. The first-order valence-corrected chi connectivity index (χ1v) is 7.50. The van der Waals surface area contributed by atoms with Crippen LogP contribution in [0.5, 0.6) is 0 Å². The van der Waals surface area contributed by atoms with Gasteiger partial charge in [0.2, 0.25) is 10.0 Å². The van der Waals surface area contributed by atoms with E-state index in [1.165, 1.54) is 19.3 Å². The van der Waals surface area contributed by atoms with Crippen molar-refractivity contribution in [3.05, 3.63) is 0 Å². The minimum absolute atomic E-state index is 0.0631. The molecule has 1 rings (SSSR count). The number of hydrogen-bond donors (Lipinski definition) is 1. The van der Waals surface area contributed by atoms with Crippen molar-refractivity contribution < 1.29 is 8.42 Å². The summed E-state index contributed by atoms with van der Waals surface area (Å²) in [5.74, 6) is 0. The molecule has 15 heavy (non-hydrogen) atoms. The molecule has 0 bridgehead atoms. The highest BCUT2D eigenvalue weighted by atomic mass is 35.5. The molecule has 1 atom stereocenters. The Hall–Kier alpha value is 0.160. The van der Waals surface area contributed by atoms with Gasteiger partial charge < -0.3 is 4.90 Å². The molecule has 0 saturated carbocycles. The number of nitrogens with zero attached hydrogens (tertiary/aromatic N) is 1. The third-order valence-corrected chi connectivity index (χ3v) is 4.42. The van der Waals surface area contributed by atoms with Crippen molar-refractivity contribution in [1.29, 1.82) is 0 Å².